The van der Waals surface area contributed by atoms with Crippen molar-refractivity contribution in [3.8, 4) is 0 Å². The Bertz CT molecular complexity index is 349. The number of nitrogens with two attached hydrogens (primary N) is 1. The average molecular weight is 223 g/mol. The zero-order valence-corrected chi connectivity index (χ0v) is 9.47. The molecule has 1 aromatic rings. The van der Waals surface area contributed by atoms with E-state index in [9.17, 15) is 4.79 Å². The Labute approximate surface area is 94.7 Å². The molecule has 1 rings (SSSR count). The molecule has 1 amide bonds. The van der Waals surface area contributed by atoms with E-state index in [1.54, 1.807) is 19.1 Å². The number of rotatable bonds is 4. The minimum Gasteiger partial charge on any atom is -0.397 e. The summed E-state index contributed by atoms with van der Waals surface area (Å²) >= 11 is 0. The number of carbonyl (C=O) groups excluding carboxylic acids is 1. The molecule has 0 bridgehead atoms. The Morgan fingerprint density at radius 1 is 1.56 bits per heavy atom. The van der Waals surface area contributed by atoms with Gasteiger partial charge in [0.15, 0.2) is 0 Å². The highest BCUT2D eigenvalue weighted by atomic mass is 16.3. The SMILES string of the molecule is CC(O)CC(C)NC(=O)c1ccc(N)cn1. The smallest absolute Gasteiger partial charge is 0.270 e. The molecule has 1 heterocycles. The molecule has 88 valence electrons. The van der Waals surface area contributed by atoms with Crippen LogP contribution < -0.4 is 11.1 Å². The average Bonchev–Trinajstić information content (AvgIpc) is 2.16. The van der Waals surface area contributed by atoms with Crippen molar-refractivity contribution in [3.63, 3.8) is 0 Å². The van der Waals surface area contributed by atoms with E-state index in [2.05, 4.69) is 10.3 Å². The summed E-state index contributed by atoms with van der Waals surface area (Å²) in [6.45, 7) is 3.52. The third kappa shape index (κ3) is 3.86. The number of aliphatic hydroxyl groups excluding tert-OH is 1. The van der Waals surface area contributed by atoms with Gasteiger partial charge in [-0.1, -0.05) is 0 Å². The van der Waals surface area contributed by atoms with Crippen LogP contribution in [0.15, 0.2) is 18.3 Å². The first-order valence-corrected chi connectivity index (χ1v) is 5.19. The Morgan fingerprint density at radius 3 is 2.75 bits per heavy atom. The van der Waals surface area contributed by atoms with Crippen LogP contribution in [0.25, 0.3) is 0 Å². The van der Waals surface area contributed by atoms with Crippen molar-refractivity contribution in [2.24, 2.45) is 0 Å². The number of pyridine rings is 1. The number of carbonyl (C=O) groups is 1. The molecule has 0 aliphatic rings. The van der Waals surface area contributed by atoms with E-state index >= 15 is 0 Å². The van der Waals surface area contributed by atoms with Crippen LogP contribution in [0.2, 0.25) is 0 Å². The van der Waals surface area contributed by atoms with Crippen molar-refractivity contribution in [2.75, 3.05) is 5.73 Å². The van der Waals surface area contributed by atoms with Gasteiger partial charge in [0.05, 0.1) is 18.0 Å². The van der Waals surface area contributed by atoms with Gasteiger partial charge in [0, 0.05) is 6.04 Å². The predicted octanol–water partition coefficient (Wildman–Crippen LogP) is 0.553. The summed E-state index contributed by atoms with van der Waals surface area (Å²) in [7, 11) is 0. The lowest BCUT2D eigenvalue weighted by Gasteiger charge is -2.14. The fourth-order valence-corrected chi connectivity index (χ4v) is 1.41. The van der Waals surface area contributed by atoms with Crippen molar-refractivity contribution >= 4 is 11.6 Å². The molecular weight excluding hydrogens is 206 g/mol. The minimum atomic E-state index is -0.435. The van der Waals surface area contributed by atoms with E-state index in [4.69, 9.17) is 10.8 Å². The third-order valence-electron chi connectivity index (χ3n) is 2.09. The third-order valence-corrected chi connectivity index (χ3v) is 2.09. The largest absolute Gasteiger partial charge is 0.397 e. The molecule has 0 radical (unpaired) electrons. The Kier molecular flexibility index (Phi) is 4.25. The van der Waals surface area contributed by atoms with E-state index in [1.165, 1.54) is 6.20 Å². The first-order valence-electron chi connectivity index (χ1n) is 5.19. The maximum absolute atomic E-state index is 11.7. The van der Waals surface area contributed by atoms with E-state index in [0.717, 1.165) is 0 Å². The number of nitrogens with zero attached hydrogens (tertiary/aromatic N) is 1. The molecule has 2 unspecified atom stereocenters. The molecule has 1 aromatic heterocycles. The second-order valence-corrected chi connectivity index (χ2v) is 3.94. The number of hydrogen-bond acceptors (Lipinski definition) is 4. The van der Waals surface area contributed by atoms with Gasteiger partial charge >= 0.3 is 0 Å². The molecule has 2 atom stereocenters. The summed E-state index contributed by atoms with van der Waals surface area (Å²) < 4.78 is 0. The highest BCUT2D eigenvalue weighted by molar-refractivity contribution is 5.92. The zero-order chi connectivity index (χ0) is 12.1. The summed E-state index contributed by atoms with van der Waals surface area (Å²) in [5.74, 6) is -0.256. The number of aromatic nitrogens is 1. The summed E-state index contributed by atoms with van der Waals surface area (Å²) in [6, 6.07) is 3.10. The fourth-order valence-electron chi connectivity index (χ4n) is 1.41. The molecule has 5 nitrogen and oxygen atoms in total. The van der Waals surface area contributed by atoms with Crippen LogP contribution in [-0.2, 0) is 0 Å². The van der Waals surface area contributed by atoms with E-state index < -0.39 is 6.10 Å². The zero-order valence-electron chi connectivity index (χ0n) is 9.47. The number of hydrogen-bond donors (Lipinski definition) is 3. The van der Waals surface area contributed by atoms with Crippen LogP contribution in [0.1, 0.15) is 30.8 Å². The van der Waals surface area contributed by atoms with Crippen molar-refractivity contribution in [2.45, 2.75) is 32.4 Å². The van der Waals surface area contributed by atoms with E-state index in [0.29, 0.717) is 17.8 Å². The normalized spacial score (nSPS) is 14.2. The molecule has 0 aliphatic heterocycles. The topological polar surface area (TPSA) is 88.2 Å². The van der Waals surface area contributed by atoms with Crippen LogP contribution in [0.5, 0.6) is 0 Å². The lowest BCUT2D eigenvalue weighted by Crippen LogP contribution is -2.35. The molecule has 16 heavy (non-hydrogen) atoms. The molecule has 0 fully saturated rings. The fraction of sp³-hybridized carbons (Fsp3) is 0.455. The van der Waals surface area contributed by atoms with Crippen molar-refractivity contribution in [1.29, 1.82) is 0 Å². The molecule has 0 saturated carbocycles. The highest BCUT2D eigenvalue weighted by Crippen LogP contribution is 2.03. The van der Waals surface area contributed by atoms with E-state index in [1.807, 2.05) is 6.92 Å². The Morgan fingerprint density at radius 2 is 2.25 bits per heavy atom. The molecule has 0 saturated heterocycles. The first kappa shape index (κ1) is 12.4. The first-order chi connectivity index (χ1) is 7.49. The molecule has 0 spiro atoms. The lowest BCUT2D eigenvalue weighted by atomic mass is 10.1. The number of anilines is 1. The summed E-state index contributed by atoms with van der Waals surface area (Å²) in [6.07, 6.45) is 1.52. The molecule has 0 aliphatic carbocycles. The van der Waals surface area contributed by atoms with Gasteiger partial charge in [0.1, 0.15) is 5.69 Å². The van der Waals surface area contributed by atoms with Gasteiger partial charge in [-0.25, -0.2) is 4.98 Å². The Balaban J connectivity index is 2.55. The van der Waals surface area contributed by atoms with Gasteiger partial charge in [0.25, 0.3) is 5.91 Å². The monoisotopic (exact) mass is 223 g/mol. The van der Waals surface area contributed by atoms with Gasteiger partial charge in [-0.15, -0.1) is 0 Å². The maximum atomic E-state index is 11.7. The molecule has 5 heteroatoms. The maximum Gasteiger partial charge on any atom is 0.270 e. The van der Waals surface area contributed by atoms with Gasteiger partial charge in [-0.05, 0) is 32.4 Å². The summed E-state index contributed by atoms with van der Waals surface area (Å²) in [5.41, 5.74) is 6.31. The lowest BCUT2D eigenvalue weighted by molar-refractivity contribution is 0.0918. The number of nitrogen functional groups attached to an aromatic ring is 1. The second-order valence-electron chi connectivity index (χ2n) is 3.94. The number of nitrogens with one attached hydrogen (secondary N) is 1. The summed E-state index contributed by atoms with van der Waals surface area (Å²) in [5, 5.41) is 11.9. The number of aliphatic hydroxyl groups is 1. The quantitative estimate of drug-likeness (QED) is 0.695. The van der Waals surface area contributed by atoms with Gasteiger partial charge in [-0.3, -0.25) is 4.79 Å². The predicted molar refractivity (Wildman–Crippen MR) is 61.9 cm³/mol. The van der Waals surface area contributed by atoms with Gasteiger partial charge in [-0.2, -0.15) is 0 Å². The van der Waals surface area contributed by atoms with Gasteiger partial charge in [0.2, 0.25) is 0 Å². The highest BCUT2D eigenvalue weighted by Gasteiger charge is 2.12. The minimum absolute atomic E-state index is 0.0909. The van der Waals surface area contributed by atoms with Crippen molar-refractivity contribution < 1.29 is 9.90 Å². The number of amides is 1. The van der Waals surface area contributed by atoms with Crippen molar-refractivity contribution in [3.05, 3.63) is 24.0 Å². The van der Waals surface area contributed by atoms with Crippen LogP contribution >= 0.6 is 0 Å². The van der Waals surface area contributed by atoms with Crippen LogP contribution in [0.3, 0.4) is 0 Å². The van der Waals surface area contributed by atoms with Crippen LogP contribution in [0, 0.1) is 0 Å². The van der Waals surface area contributed by atoms with Crippen LogP contribution in [-0.4, -0.2) is 28.1 Å². The second kappa shape index (κ2) is 5.46. The van der Waals surface area contributed by atoms with Crippen LogP contribution in [0.4, 0.5) is 5.69 Å². The summed E-state index contributed by atoms with van der Waals surface area (Å²) in [4.78, 5) is 15.6. The molecular formula is C11H17N3O2. The van der Waals surface area contributed by atoms with Gasteiger partial charge < -0.3 is 16.2 Å². The van der Waals surface area contributed by atoms with E-state index in [-0.39, 0.29) is 11.9 Å². The molecule has 0 aromatic carbocycles. The van der Waals surface area contributed by atoms with Crippen molar-refractivity contribution in [1.82, 2.24) is 10.3 Å². The molecule has 4 N–H and O–H groups in total. The Hall–Kier alpha value is -1.62. The standard InChI is InChI=1S/C11H17N3O2/c1-7(5-8(2)15)14-11(16)10-4-3-9(12)6-13-10/h3-4,6-8,15H,5,12H2,1-2H3,(H,14,16).